The Labute approximate surface area is 338 Å². The van der Waals surface area contributed by atoms with Gasteiger partial charge in [-0.2, -0.15) is 4.80 Å². The lowest BCUT2D eigenvalue weighted by Gasteiger charge is -2.26. The molecule has 0 unspecified atom stereocenters. The van der Waals surface area contributed by atoms with Gasteiger partial charge in [0.05, 0.1) is 5.69 Å². The fourth-order valence-corrected chi connectivity index (χ4v) is 7.11. The molecular formula is C48H31Cl2F2N5. The fourth-order valence-electron chi connectivity index (χ4n) is 6.86. The quantitative estimate of drug-likeness (QED) is 0.146. The molecule has 0 saturated heterocycles. The summed E-state index contributed by atoms with van der Waals surface area (Å²) in [6.07, 6.45) is 0. The smallest absolute Gasteiger partial charge is 0.123 e. The van der Waals surface area contributed by atoms with Gasteiger partial charge in [0, 0.05) is 44.2 Å². The summed E-state index contributed by atoms with van der Waals surface area (Å²) in [5, 5.41) is 11.0. The zero-order chi connectivity index (χ0) is 38.9. The maximum atomic E-state index is 13.6. The molecule has 0 saturated carbocycles. The van der Waals surface area contributed by atoms with E-state index in [-0.39, 0.29) is 11.6 Å². The number of hydrogen-bond acceptors (Lipinski definition) is 4. The minimum Gasteiger partial charge on any atom is -0.311 e. The second-order valence-electron chi connectivity index (χ2n) is 13.4. The summed E-state index contributed by atoms with van der Waals surface area (Å²) < 4.78 is 27.3. The van der Waals surface area contributed by atoms with E-state index in [1.807, 2.05) is 115 Å². The van der Waals surface area contributed by atoms with E-state index < -0.39 is 0 Å². The molecule has 0 aliphatic heterocycles. The van der Waals surface area contributed by atoms with Gasteiger partial charge in [-0.05, 0) is 162 Å². The second kappa shape index (κ2) is 15.4. The highest BCUT2D eigenvalue weighted by Crippen LogP contribution is 2.39. The van der Waals surface area contributed by atoms with Crippen LogP contribution in [-0.2, 0) is 0 Å². The van der Waals surface area contributed by atoms with Gasteiger partial charge in [-0.15, -0.1) is 10.2 Å². The van der Waals surface area contributed by atoms with Crippen molar-refractivity contribution >= 4 is 68.4 Å². The molecule has 0 atom stereocenters. The van der Waals surface area contributed by atoms with Crippen molar-refractivity contribution in [2.75, 3.05) is 9.80 Å². The first-order chi connectivity index (χ1) is 27.8. The molecule has 0 amide bonds. The van der Waals surface area contributed by atoms with Crippen molar-refractivity contribution in [1.82, 2.24) is 15.0 Å². The van der Waals surface area contributed by atoms with Gasteiger partial charge in [-0.25, -0.2) is 8.78 Å². The number of rotatable bonds is 9. The van der Waals surface area contributed by atoms with Crippen LogP contribution in [0, 0.1) is 11.6 Å². The molecule has 1 aromatic heterocycles. The van der Waals surface area contributed by atoms with Crippen molar-refractivity contribution in [1.29, 1.82) is 0 Å². The Balaban J connectivity index is 1.05. The van der Waals surface area contributed by atoms with Gasteiger partial charge in [0.25, 0.3) is 0 Å². The molecule has 1 heterocycles. The number of benzene rings is 8. The first-order valence-corrected chi connectivity index (χ1v) is 18.9. The summed E-state index contributed by atoms with van der Waals surface area (Å²) in [5.74, 6) is -0.542. The van der Waals surface area contributed by atoms with Crippen molar-refractivity contribution in [2.24, 2.45) is 0 Å². The summed E-state index contributed by atoms with van der Waals surface area (Å²) in [7, 11) is 0. The lowest BCUT2D eigenvalue weighted by Crippen LogP contribution is -2.10. The molecule has 0 N–H and O–H groups in total. The predicted octanol–water partition coefficient (Wildman–Crippen LogP) is 14.3. The molecule has 57 heavy (non-hydrogen) atoms. The van der Waals surface area contributed by atoms with Gasteiger partial charge >= 0.3 is 0 Å². The second-order valence-corrected chi connectivity index (χ2v) is 14.3. The molecule has 0 fully saturated rings. The SMILES string of the molecule is Fc1ccc(-c2ccc(N(c3ccc(-c4ccc(F)cc4)cc3)c3ccc(-n4nc5ccc(N(c6ccc(Cl)cc6)c6ccc(Cl)cc6)cc5n4)cc3)cc2)cc1. The minimum atomic E-state index is -0.271. The summed E-state index contributed by atoms with van der Waals surface area (Å²) in [6, 6.07) is 58.8. The van der Waals surface area contributed by atoms with Crippen molar-refractivity contribution < 1.29 is 8.78 Å². The lowest BCUT2D eigenvalue weighted by atomic mass is 10.0. The summed E-state index contributed by atoms with van der Waals surface area (Å²) in [5.41, 5.74) is 11.6. The molecule has 0 aliphatic rings. The van der Waals surface area contributed by atoms with E-state index in [2.05, 4.69) is 34.1 Å². The van der Waals surface area contributed by atoms with E-state index in [1.54, 1.807) is 29.1 Å². The topological polar surface area (TPSA) is 37.2 Å². The first kappa shape index (κ1) is 35.9. The molecule has 0 radical (unpaired) electrons. The molecule has 5 nitrogen and oxygen atoms in total. The van der Waals surface area contributed by atoms with Crippen LogP contribution in [0.15, 0.2) is 188 Å². The van der Waals surface area contributed by atoms with Gasteiger partial charge in [0.1, 0.15) is 22.7 Å². The van der Waals surface area contributed by atoms with Gasteiger partial charge in [0.2, 0.25) is 0 Å². The fraction of sp³-hybridized carbons (Fsp3) is 0. The molecule has 0 spiro atoms. The Morgan fingerprint density at radius 2 is 0.667 bits per heavy atom. The number of fused-ring (bicyclic) bond motifs is 1. The van der Waals surface area contributed by atoms with Crippen LogP contribution < -0.4 is 9.80 Å². The van der Waals surface area contributed by atoms with E-state index in [9.17, 15) is 8.78 Å². The van der Waals surface area contributed by atoms with Crippen LogP contribution in [0.4, 0.5) is 42.9 Å². The third-order valence-electron chi connectivity index (χ3n) is 9.74. The number of halogens is 4. The van der Waals surface area contributed by atoms with Gasteiger partial charge in [-0.3, -0.25) is 0 Å². The van der Waals surface area contributed by atoms with Crippen molar-refractivity contribution in [2.45, 2.75) is 0 Å². The maximum Gasteiger partial charge on any atom is 0.123 e. The third-order valence-corrected chi connectivity index (χ3v) is 10.2. The first-order valence-electron chi connectivity index (χ1n) is 18.2. The maximum absolute atomic E-state index is 13.6. The van der Waals surface area contributed by atoms with Crippen LogP contribution in [0.25, 0.3) is 39.0 Å². The Bertz CT molecular complexity index is 2660. The highest BCUT2D eigenvalue weighted by Gasteiger charge is 2.17. The van der Waals surface area contributed by atoms with E-state index in [1.165, 1.54) is 24.3 Å². The van der Waals surface area contributed by atoms with E-state index in [0.717, 1.165) is 73.1 Å². The number of anilines is 6. The Hall–Kier alpha value is -6.80. The molecular weight excluding hydrogens is 755 g/mol. The van der Waals surface area contributed by atoms with Gasteiger partial charge in [-0.1, -0.05) is 71.7 Å². The third kappa shape index (κ3) is 7.59. The number of aromatic nitrogens is 3. The lowest BCUT2D eigenvalue weighted by molar-refractivity contribution is 0.627. The minimum absolute atomic E-state index is 0.271. The van der Waals surface area contributed by atoms with Crippen molar-refractivity contribution in [3.05, 3.63) is 210 Å². The molecule has 0 bridgehead atoms. The van der Waals surface area contributed by atoms with Crippen molar-refractivity contribution in [3.8, 4) is 27.9 Å². The number of nitrogens with zero attached hydrogens (tertiary/aromatic N) is 5. The summed E-state index contributed by atoms with van der Waals surface area (Å²) in [4.78, 5) is 5.92. The standard InChI is InChI=1S/C48H31Cl2F2N5/c49-36-9-21-42(22-10-36)56(43-23-11-37(50)12-24-43)46-29-30-47-48(31-46)54-57(53-47)45-27-25-44(26-28-45)55(40-17-5-34(6-18-40)32-1-13-38(51)14-2-32)41-19-7-35(8-20-41)33-3-15-39(52)16-4-33/h1-31H. The van der Waals surface area contributed by atoms with E-state index in [0.29, 0.717) is 10.0 Å². The monoisotopic (exact) mass is 785 g/mol. The average Bonchev–Trinajstić information content (AvgIpc) is 3.68. The average molecular weight is 787 g/mol. The molecule has 9 rings (SSSR count). The Kier molecular flexibility index (Phi) is 9.68. The molecule has 9 heteroatoms. The molecule has 9 aromatic rings. The normalized spacial score (nSPS) is 11.2. The van der Waals surface area contributed by atoms with E-state index in [4.69, 9.17) is 33.4 Å². The van der Waals surface area contributed by atoms with Gasteiger partial charge in [0.15, 0.2) is 0 Å². The van der Waals surface area contributed by atoms with Crippen LogP contribution in [-0.4, -0.2) is 15.0 Å². The van der Waals surface area contributed by atoms with Crippen LogP contribution in [0.1, 0.15) is 0 Å². The molecule has 8 aromatic carbocycles. The van der Waals surface area contributed by atoms with Crippen LogP contribution in [0.3, 0.4) is 0 Å². The Morgan fingerprint density at radius 1 is 0.351 bits per heavy atom. The zero-order valence-corrected chi connectivity index (χ0v) is 31.7. The summed E-state index contributed by atoms with van der Waals surface area (Å²) >= 11 is 12.5. The molecule has 276 valence electrons. The van der Waals surface area contributed by atoms with Gasteiger partial charge < -0.3 is 9.80 Å². The van der Waals surface area contributed by atoms with E-state index >= 15 is 0 Å². The van der Waals surface area contributed by atoms with Crippen LogP contribution in [0.2, 0.25) is 10.0 Å². The number of hydrogen-bond donors (Lipinski definition) is 0. The van der Waals surface area contributed by atoms with Crippen molar-refractivity contribution in [3.63, 3.8) is 0 Å². The highest BCUT2D eigenvalue weighted by atomic mass is 35.5. The molecule has 0 aliphatic carbocycles. The Morgan fingerprint density at radius 3 is 1.09 bits per heavy atom. The van der Waals surface area contributed by atoms with Crippen LogP contribution in [0.5, 0.6) is 0 Å². The zero-order valence-electron chi connectivity index (χ0n) is 30.1. The largest absolute Gasteiger partial charge is 0.311 e. The highest BCUT2D eigenvalue weighted by molar-refractivity contribution is 6.31. The summed E-state index contributed by atoms with van der Waals surface area (Å²) in [6.45, 7) is 0. The van der Waals surface area contributed by atoms with Crippen LogP contribution >= 0.6 is 23.2 Å². The predicted molar refractivity (Wildman–Crippen MR) is 229 cm³/mol.